The van der Waals surface area contributed by atoms with E-state index in [2.05, 4.69) is 27.3 Å². The van der Waals surface area contributed by atoms with E-state index in [0.717, 1.165) is 54.9 Å². The lowest BCUT2D eigenvalue weighted by molar-refractivity contribution is -0.138. The van der Waals surface area contributed by atoms with Crippen LogP contribution in [0, 0.1) is 23.2 Å². The van der Waals surface area contributed by atoms with Crippen LogP contribution in [0.2, 0.25) is 0 Å². The molecule has 5 nitrogen and oxygen atoms in total. The summed E-state index contributed by atoms with van der Waals surface area (Å²) in [5.74, 6) is 3.11. The molecule has 1 aliphatic heterocycles. The fourth-order valence-electron chi connectivity index (χ4n) is 7.32. The third-order valence-electron chi connectivity index (χ3n) is 8.16. The number of benzene rings is 1. The Labute approximate surface area is 172 Å². The molecule has 1 unspecified atom stereocenters. The highest BCUT2D eigenvalue weighted by Crippen LogP contribution is 2.61. The van der Waals surface area contributed by atoms with E-state index < -0.39 is 0 Å². The molecule has 5 heteroatoms. The van der Waals surface area contributed by atoms with Gasteiger partial charge in [-0.25, -0.2) is 4.68 Å². The molecule has 0 spiro atoms. The molecule has 29 heavy (non-hydrogen) atoms. The molecule has 4 saturated carbocycles. The van der Waals surface area contributed by atoms with Crippen molar-refractivity contribution in [2.24, 2.45) is 23.2 Å². The third kappa shape index (κ3) is 3.19. The van der Waals surface area contributed by atoms with E-state index in [0.29, 0.717) is 11.3 Å². The van der Waals surface area contributed by atoms with Crippen molar-refractivity contribution in [3.63, 3.8) is 0 Å². The van der Waals surface area contributed by atoms with Crippen LogP contribution >= 0.6 is 0 Å². The van der Waals surface area contributed by atoms with Crippen LogP contribution in [0.3, 0.4) is 0 Å². The molecule has 1 atom stereocenters. The largest absolute Gasteiger partial charge is 0.340 e. The molecule has 2 heterocycles. The Bertz CT molecular complexity index is 869. The van der Waals surface area contributed by atoms with E-state index in [1.54, 1.807) is 0 Å². The number of aromatic nitrogens is 3. The number of hydrogen-bond acceptors (Lipinski definition) is 3. The highest BCUT2D eigenvalue weighted by Gasteiger charge is 2.52. The van der Waals surface area contributed by atoms with Gasteiger partial charge in [0.05, 0.1) is 12.2 Å². The number of likely N-dealkylation sites (tertiary alicyclic amines) is 1. The number of nitrogens with zero attached hydrogens (tertiary/aromatic N) is 4. The van der Waals surface area contributed by atoms with Gasteiger partial charge in [-0.2, -0.15) is 0 Å². The second kappa shape index (κ2) is 6.68. The molecule has 4 aliphatic carbocycles. The number of carbonyl (C=O) groups excluding carboxylic acids is 1. The number of amides is 1. The van der Waals surface area contributed by atoms with Gasteiger partial charge in [0.2, 0.25) is 5.91 Å². The van der Waals surface area contributed by atoms with Gasteiger partial charge in [-0.15, -0.1) is 5.10 Å². The third-order valence-corrected chi connectivity index (χ3v) is 8.16. The lowest BCUT2D eigenvalue weighted by Crippen LogP contribution is -2.48. The standard InChI is InChI=1S/C24H30N4O/c29-23(14-24-11-17-8-18(12-24)10-19(9-17)13-24)27-7-6-21(15-27)28-16-22(25-26-28)20-4-2-1-3-5-20/h1-5,16-19,21H,6-15H2. The summed E-state index contributed by atoms with van der Waals surface area (Å²) in [7, 11) is 0. The van der Waals surface area contributed by atoms with Gasteiger partial charge in [0.15, 0.2) is 0 Å². The lowest BCUT2D eigenvalue weighted by Gasteiger charge is -2.56. The molecule has 5 aliphatic rings. The van der Waals surface area contributed by atoms with Crippen LogP contribution in [0.1, 0.15) is 57.4 Å². The van der Waals surface area contributed by atoms with Gasteiger partial charge < -0.3 is 4.90 Å². The van der Waals surface area contributed by atoms with Gasteiger partial charge >= 0.3 is 0 Å². The summed E-state index contributed by atoms with van der Waals surface area (Å²) in [6.45, 7) is 1.64. The van der Waals surface area contributed by atoms with E-state index in [1.165, 1.54) is 38.5 Å². The predicted molar refractivity (Wildman–Crippen MR) is 111 cm³/mol. The zero-order valence-corrected chi connectivity index (χ0v) is 17.0. The Hall–Kier alpha value is -2.17. The van der Waals surface area contributed by atoms with Crippen molar-refractivity contribution in [1.82, 2.24) is 19.9 Å². The zero-order valence-electron chi connectivity index (χ0n) is 17.0. The molecule has 1 saturated heterocycles. The van der Waals surface area contributed by atoms with Crippen molar-refractivity contribution in [1.29, 1.82) is 0 Å². The monoisotopic (exact) mass is 390 g/mol. The smallest absolute Gasteiger partial charge is 0.223 e. The highest BCUT2D eigenvalue weighted by atomic mass is 16.2. The minimum absolute atomic E-state index is 0.250. The molecule has 152 valence electrons. The number of rotatable bonds is 4. The molecule has 2 aromatic rings. The van der Waals surface area contributed by atoms with Gasteiger partial charge in [-0.05, 0) is 68.1 Å². The first kappa shape index (κ1) is 17.7. The zero-order chi connectivity index (χ0) is 19.4. The molecular formula is C24H30N4O. The molecule has 1 aromatic carbocycles. The maximum atomic E-state index is 13.2. The minimum atomic E-state index is 0.250. The summed E-state index contributed by atoms with van der Waals surface area (Å²) in [6, 6.07) is 10.4. The molecule has 0 N–H and O–H groups in total. The second-order valence-corrected chi connectivity index (χ2v) is 10.3. The second-order valence-electron chi connectivity index (χ2n) is 10.3. The van der Waals surface area contributed by atoms with Gasteiger partial charge in [-0.3, -0.25) is 4.79 Å². The van der Waals surface area contributed by atoms with Gasteiger partial charge in [0, 0.05) is 25.1 Å². The Balaban J connectivity index is 1.11. The van der Waals surface area contributed by atoms with Crippen molar-refractivity contribution in [2.45, 2.75) is 57.4 Å². The van der Waals surface area contributed by atoms with Crippen molar-refractivity contribution in [2.75, 3.05) is 13.1 Å². The predicted octanol–water partition coefficient (Wildman–Crippen LogP) is 4.33. The molecular weight excluding hydrogens is 360 g/mol. The Kier molecular flexibility index (Phi) is 4.07. The fraction of sp³-hybridized carbons (Fsp3) is 0.625. The number of hydrogen-bond donors (Lipinski definition) is 0. The van der Waals surface area contributed by atoms with Crippen molar-refractivity contribution in [3.8, 4) is 11.3 Å². The van der Waals surface area contributed by atoms with Gasteiger partial charge in [0.25, 0.3) is 0 Å². The van der Waals surface area contributed by atoms with E-state index in [4.69, 9.17) is 0 Å². The van der Waals surface area contributed by atoms with Crippen molar-refractivity contribution < 1.29 is 4.79 Å². The SMILES string of the molecule is O=C(CC12CC3CC(CC(C3)C1)C2)N1CCC(n2cc(-c3ccccc3)nn2)C1. The average molecular weight is 391 g/mol. The minimum Gasteiger partial charge on any atom is -0.340 e. The Morgan fingerprint density at radius 1 is 1.03 bits per heavy atom. The van der Waals surface area contributed by atoms with Crippen LogP contribution in [-0.2, 0) is 4.79 Å². The Morgan fingerprint density at radius 3 is 2.41 bits per heavy atom. The molecule has 5 fully saturated rings. The van der Waals surface area contributed by atoms with Crippen LogP contribution in [-0.4, -0.2) is 38.9 Å². The average Bonchev–Trinajstić information content (AvgIpc) is 3.37. The van der Waals surface area contributed by atoms with Crippen molar-refractivity contribution in [3.05, 3.63) is 36.5 Å². The maximum Gasteiger partial charge on any atom is 0.223 e. The molecule has 4 bridgehead atoms. The van der Waals surface area contributed by atoms with Crippen LogP contribution in [0.4, 0.5) is 0 Å². The summed E-state index contributed by atoms with van der Waals surface area (Å²) in [5, 5.41) is 8.73. The summed E-state index contributed by atoms with van der Waals surface area (Å²) in [6.07, 6.45) is 12.1. The quantitative estimate of drug-likeness (QED) is 0.781. The first-order valence-corrected chi connectivity index (χ1v) is 11.4. The highest BCUT2D eigenvalue weighted by molar-refractivity contribution is 5.77. The molecule has 1 amide bonds. The Morgan fingerprint density at radius 2 is 1.72 bits per heavy atom. The number of carbonyl (C=O) groups is 1. The first-order valence-electron chi connectivity index (χ1n) is 11.4. The summed E-state index contributed by atoms with van der Waals surface area (Å²) >= 11 is 0. The van der Waals surface area contributed by atoms with Crippen LogP contribution < -0.4 is 0 Å². The van der Waals surface area contributed by atoms with E-state index >= 15 is 0 Å². The van der Waals surface area contributed by atoms with E-state index in [9.17, 15) is 4.79 Å². The first-order chi connectivity index (χ1) is 14.2. The van der Waals surface area contributed by atoms with Crippen LogP contribution in [0.25, 0.3) is 11.3 Å². The van der Waals surface area contributed by atoms with Gasteiger partial charge in [0.1, 0.15) is 5.69 Å². The van der Waals surface area contributed by atoms with Crippen LogP contribution in [0.15, 0.2) is 36.5 Å². The summed E-state index contributed by atoms with van der Waals surface area (Å²) < 4.78 is 1.97. The molecule has 7 rings (SSSR count). The van der Waals surface area contributed by atoms with Gasteiger partial charge in [-0.1, -0.05) is 35.5 Å². The van der Waals surface area contributed by atoms with E-state index in [1.807, 2.05) is 29.1 Å². The maximum absolute atomic E-state index is 13.2. The normalized spacial score (nSPS) is 35.4. The fourth-order valence-corrected chi connectivity index (χ4v) is 7.32. The summed E-state index contributed by atoms with van der Waals surface area (Å²) in [4.78, 5) is 15.3. The molecule has 1 aromatic heterocycles. The van der Waals surface area contributed by atoms with Crippen LogP contribution in [0.5, 0.6) is 0 Å². The summed E-state index contributed by atoms with van der Waals surface area (Å²) in [5.41, 5.74) is 2.33. The molecule has 0 radical (unpaired) electrons. The van der Waals surface area contributed by atoms with E-state index in [-0.39, 0.29) is 6.04 Å². The topological polar surface area (TPSA) is 51.0 Å². The lowest BCUT2D eigenvalue weighted by atomic mass is 9.49. The van der Waals surface area contributed by atoms with Crippen molar-refractivity contribution >= 4 is 5.91 Å².